The third-order valence-electron chi connectivity index (χ3n) is 4.12. The highest BCUT2D eigenvalue weighted by molar-refractivity contribution is 5.95. The number of rotatable bonds is 7. The second-order valence-corrected chi connectivity index (χ2v) is 6.41. The zero-order chi connectivity index (χ0) is 20.6. The van der Waals surface area contributed by atoms with Crippen LogP contribution in [0.5, 0.6) is 0 Å². The Balaban J connectivity index is 1.61. The van der Waals surface area contributed by atoms with Crippen LogP contribution in [0.25, 0.3) is 0 Å². The normalized spacial score (nSPS) is 10.3. The van der Waals surface area contributed by atoms with Gasteiger partial charge in [-0.3, -0.25) is 9.59 Å². The summed E-state index contributed by atoms with van der Waals surface area (Å²) < 4.78 is 13.6. The molecule has 3 aromatic rings. The third-order valence-corrected chi connectivity index (χ3v) is 4.12. The topological polar surface area (TPSA) is 83.1 Å². The number of carbonyl (C=O) groups is 2. The van der Waals surface area contributed by atoms with Crippen LogP contribution in [0.1, 0.15) is 22.8 Å². The van der Waals surface area contributed by atoms with Crippen molar-refractivity contribution in [2.75, 3.05) is 17.2 Å². The summed E-state index contributed by atoms with van der Waals surface area (Å²) >= 11 is 0. The molecular formula is C22H21FN4O2. The van der Waals surface area contributed by atoms with Crippen molar-refractivity contribution in [3.8, 4) is 0 Å². The zero-order valence-electron chi connectivity index (χ0n) is 15.9. The highest BCUT2D eigenvalue weighted by atomic mass is 19.1. The molecular weight excluding hydrogens is 371 g/mol. The van der Waals surface area contributed by atoms with E-state index in [0.717, 1.165) is 5.69 Å². The Hall–Kier alpha value is -3.74. The summed E-state index contributed by atoms with van der Waals surface area (Å²) in [5.74, 6) is -0.210. The van der Waals surface area contributed by atoms with Crippen LogP contribution in [0.4, 0.5) is 21.6 Å². The molecule has 7 heteroatoms. The lowest BCUT2D eigenvalue weighted by molar-refractivity contribution is -0.114. The number of carbonyl (C=O) groups excluding carboxylic acids is 2. The number of hydrogen-bond donors (Lipinski definition) is 3. The van der Waals surface area contributed by atoms with Gasteiger partial charge in [-0.05, 0) is 48.4 Å². The Morgan fingerprint density at radius 1 is 1.00 bits per heavy atom. The first kappa shape index (κ1) is 20.0. The van der Waals surface area contributed by atoms with Gasteiger partial charge in [0.1, 0.15) is 11.6 Å². The van der Waals surface area contributed by atoms with Crippen molar-refractivity contribution >= 4 is 29.0 Å². The molecule has 6 nitrogen and oxygen atoms in total. The number of pyridine rings is 1. The smallest absolute Gasteiger partial charge is 0.251 e. The van der Waals surface area contributed by atoms with Crippen LogP contribution in [0, 0.1) is 5.82 Å². The van der Waals surface area contributed by atoms with Crippen LogP contribution >= 0.6 is 0 Å². The molecule has 148 valence electrons. The van der Waals surface area contributed by atoms with Gasteiger partial charge in [0.05, 0.1) is 0 Å². The summed E-state index contributed by atoms with van der Waals surface area (Å²) in [5, 5.41) is 8.61. The molecule has 1 heterocycles. The Bertz CT molecular complexity index is 1020. The molecule has 3 rings (SSSR count). The van der Waals surface area contributed by atoms with E-state index in [0.29, 0.717) is 35.6 Å². The predicted molar refractivity (Wildman–Crippen MR) is 111 cm³/mol. The lowest BCUT2D eigenvalue weighted by Crippen LogP contribution is -2.26. The van der Waals surface area contributed by atoms with E-state index >= 15 is 0 Å². The van der Waals surface area contributed by atoms with Crippen molar-refractivity contribution in [2.45, 2.75) is 13.3 Å². The molecule has 3 N–H and O–H groups in total. The zero-order valence-corrected chi connectivity index (χ0v) is 15.9. The van der Waals surface area contributed by atoms with Crippen molar-refractivity contribution in [1.82, 2.24) is 10.3 Å². The molecule has 29 heavy (non-hydrogen) atoms. The second kappa shape index (κ2) is 9.45. The molecule has 0 bridgehead atoms. The van der Waals surface area contributed by atoms with Gasteiger partial charge in [0.25, 0.3) is 5.91 Å². The molecule has 0 saturated heterocycles. The van der Waals surface area contributed by atoms with Gasteiger partial charge in [0.2, 0.25) is 5.91 Å². The van der Waals surface area contributed by atoms with Crippen LogP contribution < -0.4 is 16.0 Å². The number of benzene rings is 2. The van der Waals surface area contributed by atoms with E-state index in [1.165, 1.54) is 19.2 Å². The van der Waals surface area contributed by atoms with Gasteiger partial charge in [-0.1, -0.05) is 24.3 Å². The lowest BCUT2D eigenvalue weighted by atomic mass is 10.1. The van der Waals surface area contributed by atoms with Crippen molar-refractivity contribution in [1.29, 1.82) is 0 Å². The number of aromatic nitrogens is 1. The van der Waals surface area contributed by atoms with E-state index in [-0.39, 0.29) is 17.6 Å². The average molecular weight is 392 g/mol. The highest BCUT2D eigenvalue weighted by Gasteiger charge is 2.08. The van der Waals surface area contributed by atoms with Crippen molar-refractivity contribution in [2.24, 2.45) is 0 Å². The maximum atomic E-state index is 13.6. The monoisotopic (exact) mass is 392 g/mol. The number of nitrogens with zero attached hydrogens (tertiary/aromatic N) is 1. The standard InChI is InChI=1S/C22H21FN4O2/c1-15(28)26-18-6-4-7-19(14-18)27-21-13-17(10-11-24-21)22(29)25-12-9-16-5-2-3-8-20(16)23/h2-8,10-11,13-14H,9,12H2,1H3,(H,24,27)(H,25,29)(H,26,28). The quantitative estimate of drug-likeness (QED) is 0.570. The van der Waals surface area contributed by atoms with Crippen LogP contribution in [-0.4, -0.2) is 23.3 Å². The van der Waals surface area contributed by atoms with Crippen LogP contribution in [-0.2, 0) is 11.2 Å². The van der Waals surface area contributed by atoms with Gasteiger partial charge in [0.15, 0.2) is 0 Å². The van der Waals surface area contributed by atoms with Crippen molar-refractivity contribution in [3.63, 3.8) is 0 Å². The van der Waals surface area contributed by atoms with E-state index in [1.54, 1.807) is 48.5 Å². The highest BCUT2D eigenvalue weighted by Crippen LogP contribution is 2.19. The van der Waals surface area contributed by atoms with Crippen LogP contribution in [0.2, 0.25) is 0 Å². The Kier molecular flexibility index (Phi) is 6.52. The number of anilines is 3. The maximum Gasteiger partial charge on any atom is 0.251 e. The molecule has 0 aliphatic carbocycles. The number of hydrogen-bond acceptors (Lipinski definition) is 4. The summed E-state index contributed by atoms with van der Waals surface area (Å²) in [5.41, 5.74) is 2.38. The lowest BCUT2D eigenvalue weighted by Gasteiger charge is -2.10. The summed E-state index contributed by atoms with van der Waals surface area (Å²) in [4.78, 5) is 27.8. The Morgan fingerprint density at radius 2 is 1.79 bits per heavy atom. The Labute approximate surface area is 168 Å². The SMILES string of the molecule is CC(=O)Nc1cccc(Nc2cc(C(=O)NCCc3ccccc3F)ccn2)c1. The molecule has 2 amide bonds. The van der Waals surface area contributed by atoms with E-state index < -0.39 is 0 Å². The van der Waals surface area contributed by atoms with Gasteiger partial charge in [-0.2, -0.15) is 0 Å². The summed E-state index contributed by atoms with van der Waals surface area (Å²) in [6.45, 7) is 1.76. The number of amides is 2. The minimum absolute atomic E-state index is 0.158. The fourth-order valence-electron chi connectivity index (χ4n) is 2.78. The van der Waals surface area contributed by atoms with Crippen molar-refractivity contribution in [3.05, 3.63) is 83.8 Å². The van der Waals surface area contributed by atoms with E-state index in [4.69, 9.17) is 0 Å². The van der Waals surface area contributed by atoms with Crippen molar-refractivity contribution < 1.29 is 14.0 Å². The molecule has 0 aliphatic heterocycles. The summed E-state index contributed by atoms with van der Waals surface area (Å²) in [6, 6.07) is 16.9. The molecule has 0 saturated carbocycles. The molecule has 1 aromatic heterocycles. The first-order valence-corrected chi connectivity index (χ1v) is 9.13. The van der Waals surface area contributed by atoms with Crippen LogP contribution in [0.15, 0.2) is 66.9 Å². The maximum absolute atomic E-state index is 13.6. The molecule has 0 aliphatic rings. The average Bonchev–Trinajstić information content (AvgIpc) is 2.69. The Morgan fingerprint density at radius 3 is 2.59 bits per heavy atom. The molecule has 0 atom stereocenters. The van der Waals surface area contributed by atoms with Gasteiger partial charge >= 0.3 is 0 Å². The number of nitrogens with one attached hydrogen (secondary N) is 3. The van der Waals surface area contributed by atoms with E-state index in [9.17, 15) is 14.0 Å². The molecule has 2 aromatic carbocycles. The van der Waals surface area contributed by atoms with E-state index in [2.05, 4.69) is 20.9 Å². The summed E-state index contributed by atoms with van der Waals surface area (Å²) in [7, 11) is 0. The first-order valence-electron chi connectivity index (χ1n) is 9.13. The minimum Gasteiger partial charge on any atom is -0.352 e. The van der Waals surface area contributed by atoms with Crippen LogP contribution in [0.3, 0.4) is 0 Å². The molecule has 0 fully saturated rings. The fraction of sp³-hybridized carbons (Fsp3) is 0.136. The minimum atomic E-state index is -0.279. The fourth-order valence-corrected chi connectivity index (χ4v) is 2.78. The predicted octanol–water partition coefficient (Wildman–Crippen LogP) is 3.90. The largest absolute Gasteiger partial charge is 0.352 e. The first-order chi connectivity index (χ1) is 14.0. The second-order valence-electron chi connectivity index (χ2n) is 6.41. The van der Waals surface area contributed by atoms with Gasteiger partial charge in [0, 0.05) is 36.6 Å². The van der Waals surface area contributed by atoms with Gasteiger partial charge in [-0.15, -0.1) is 0 Å². The molecule has 0 unspecified atom stereocenters. The molecule has 0 radical (unpaired) electrons. The summed E-state index contributed by atoms with van der Waals surface area (Å²) in [6.07, 6.45) is 1.94. The third kappa shape index (κ3) is 5.87. The van der Waals surface area contributed by atoms with Gasteiger partial charge < -0.3 is 16.0 Å². The van der Waals surface area contributed by atoms with E-state index in [1.807, 2.05) is 6.07 Å². The molecule has 0 spiro atoms. The van der Waals surface area contributed by atoms with Gasteiger partial charge in [-0.25, -0.2) is 9.37 Å². The number of halogens is 1.